The van der Waals surface area contributed by atoms with Gasteiger partial charge in [0.25, 0.3) is 0 Å². The standard InChI is InChI=1S/C36H70O14.3C18H34O2/c37-19-26(43)13-11-9-7-5-3-1-2-4-6-8-10-12-25(14-27(44)20-38)32(15-28(45)21-39)33(16-29(46)22-40)34(17-30(47)23-41)35(36(49)50)18-31(48)24-42;3*1-2-3-4-5-6-7-8-9-10-11-12-13-14-15-16-17-18(19)20/h6,8,25-35,37-48H,1-5,7,9-24H2,(H,49,50);3*9-10H,2-8,11-17H2,1H3,(H,19,20). The second-order valence-corrected chi connectivity index (χ2v) is 31.2. The summed E-state index contributed by atoms with van der Waals surface area (Å²) in [6.45, 7) is 3.25. The molecule has 20 heteroatoms. The van der Waals surface area contributed by atoms with E-state index in [2.05, 4.69) is 63.3 Å². The van der Waals surface area contributed by atoms with E-state index in [1.165, 1.54) is 212 Å². The summed E-state index contributed by atoms with van der Waals surface area (Å²) in [6.07, 6.45) is 69.2. The highest BCUT2D eigenvalue weighted by atomic mass is 16.4. The minimum Gasteiger partial charge on any atom is -0.481 e. The molecule has 110 heavy (non-hydrogen) atoms. The molecule has 0 aromatic rings. The molecule has 20 nitrogen and oxygen atoms in total. The van der Waals surface area contributed by atoms with E-state index in [0.717, 1.165) is 89.9 Å². The third-order valence-corrected chi connectivity index (χ3v) is 20.8. The number of rotatable bonds is 79. The van der Waals surface area contributed by atoms with Gasteiger partial charge in [0.2, 0.25) is 0 Å². The first-order valence-corrected chi connectivity index (χ1v) is 44.4. The number of hydrogen-bond donors (Lipinski definition) is 16. The Kier molecular flexibility index (Phi) is 91.5. The maximum atomic E-state index is 12.6. The number of aliphatic hydroxyl groups excluding tert-OH is 12. The van der Waals surface area contributed by atoms with Gasteiger partial charge in [-0.2, -0.15) is 0 Å². The first-order valence-electron chi connectivity index (χ1n) is 44.4. The van der Waals surface area contributed by atoms with Crippen molar-refractivity contribution in [1.29, 1.82) is 0 Å². The molecular weight excluding hydrogens is 1400 g/mol. The van der Waals surface area contributed by atoms with E-state index >= 15 is 0 Å². The average Bonchev–Trinajstić information content (AvgIpc) is 0.806. The minimum atomic E-state index is -1.43. The van der Waals surface area contributed by atoms with Crippen LogP contribution in [-0.2, 0) is 19.2 Å². The van der Waals surface area contributed by atoms with E-state index in [1.54, 1.807) is 0 Å². The monoisotopic (exact) mass is 1570 g/mol. The molecule has 0 bridgehead atoms. The van der Waals surface area contributed by atoms with Crippen LogP contribution in [0.15, 0.2) is 48.6 Å². The Hall–Kier alpha value is -3.64. The molecule has 11 unspecified atom stereocenters. The van der Waals surface area contributed by atoms with E-state index < -0.39 is 130 Å². The van der Waals surface area contributed by atoms with Crippen LogP contribution in [0, 0.1) is 29.6 Å². The second-order valence-electron chi connectivity index (χ2n) is 31.2. The first kappa shape index (κ1) is 113. The number of carboxylic acids is 4. The number of allylic oxidation sites excluding steroid dienone is 8. The number of carboxylic acid groups (broad SMARTS) is 4. The van der Waals surface area contributed by atoms with Gasteiger partial charge in [-0.25, -0.2) is 0 Å². The molecule has 0 saturated heterocycles. The van der Waals surface area contributed by atoms with Crippen molar-refractivity contribution in [3.8, 4) is 0 Å². The number of aliphatic carboxylic acids is 4. The zero-order valence-corrected chi connectivity index (χ0v) is 70.0. The van der Waals surface area contributed by atoms with Crippen LogP contribution in [0.1, 0.15) is 393 Å². The van der Waals surface area contributed by atoms with Crippen molar-refractivity contribution >= 4 is 23.9 Å². The molecule has 0 heterocycles. The van der Waals surface area contributed by atoms with Gasteiger partial charge in [0.1, 0.15) is 0 Å². The molecule has 0 aromatic carbocycles. The van der Waals surface area contributed by atoms with Crippen LogP contribution in [0.2, 0.25) is 0 Å². The maximum Gasteiger partial charge on any atom is 0.306 e. The molecule has 0 amide bonds. The smallest absolute Gasteiger partial charge is 0.306 e. The van der Waals surface area contributed by atoms with Crippen LogP contribution < -0.4 is 0 Å². The second kappa shape index (κ2) is 89.3. The van der Waals surface area contributed by atoms with Gasteiger partial charge in [-0.05, 0) is 184 Å². The third kappa shape index (κ3) is 83.8. The predicted molar refractivity (Wildman–Crippen MR) is 448 cm³/mol. The van der Waals surface area contributed by atoms with E-state index in [4.69, 9.17) is 20.4 Å². The highest BCUT2D eigenvalue weighted by Gasteiger charge is 2.44. The molecule has 11 atom stereocenters. The Bertz CT molecular complexity index is 1940. The van der Waals surface area contributed by atoms with Gasteiger partial charge < -0.3 is 81.7 Å². The molecule has 0 aromatic heterocycles. The topological polar surface area (TPSA) is 392 Å². The first-order chi connectivity index (χ1) is 53.2. The SMILES string of the molecule is CCCCCCCCC=CCCCCCCCC(=O)O.CCCCCCCCC=CCCCCCCCC(=O)O.CCCCCCCCC=CCCCCCCCC(=O)O.O=C(O)C(CC(O)CO)C(CC(O)CO)C(CC(O)CO)C(CC(O)CO)C(CCC=CCCCCCCCCCC(O)CO)CC(O)CO. The molecule has 652 valence electrons. The maximum absolute atomic E-state index is 12.6. The highest BCUT2D eigenvalue weighted by molar-refractivity contribution is 5.70. The quantitative estimate of drug-likeness (QED) is 0.0199. The van der Waals surface area contributed by atoms with Crippen LogP contribution >= 0.6 is 0 Å². The lowest BCUT2D eigenvalue weighted by Gasteiger charge is -2.43. The molecule has 0 aliphatic rings. The highest BCUT2D eigenvalue weighted by Crippen LogP contribution is 2.44. The van der Waals surface area contributed by atoms with Crippen molar-refractivity contribution in [2.24, 2.45) is 29.6 Å². The predicted octanol–water partition coefficient (Wildman–Crippen LogP) is 18.4. The third-order valence-electron chi connectivity index (χ3n) is 20.8. The van der Waals surface area contributed by atoms with Gasteiger partial charge >= 0.3 is 23.9 Å². The number of unbranched alkanes of at least 4 members (excludes halogenated alkanes) is 40. The summed E-state index contributed by atoms with van der Waals surface area (Å²) in [5.41, 5.74) is 0. The Morgan fingerprint density at radius 3 is 0.736 bits per heavy atom. The van der Waals surface area contributed by atoms with E-state index in [-0.39, 0.29) is 32.3 Å². The Balaban J connectivity index is -0.000000768. The van der Waals surface area contributed by atoms with Crippen LogP contribution in [-0.4, -0.2) is 182 Å². The molecule has 0 rings (SSSR count). The van der Waals surface area contributed by atoms with Gasteiger partial charge in [-0.1, -0.05) is 262 Å². The molecule has 0 radical (unpaired) electrons. The molecule has 0 aliphatic carbocycles. The molecule has 16 N–H and O–H groups in total. The van der Waals surface area contributed by atoms with Crippen LogP contribution in [0.5, 0.6) is 0 Å². The Morgan fingerprint density at radius 2 is 0.464 bits per heavy atom. The summed E-state index contributed by atoms with van der Waals surface area (Å²) < 4.78 is 0. The van der Waals surface area contributed by atoms with Crippen molar-refractivity contribution in [3.63, 3.8) is 0 Å². The van der Waals surface area contributed by atoms with Crippen molar-refractivity contribution in [2.75, 3.05) is 39.6 Å². The number of hydrogen-bond acceptors (Lipinski definition) is 16. The average molecular weight is 1570 g/mol. The fraction of sp³-hybridized carbons (Fsp3) is 0.867. The van der Waals surface area contributed by atoms with Gasteiger partial charge in [-0.3, -0.25) is 19.2 Å². The molecule has 0 spiro atoms. The van der Waals surface area contributed by atoms with Crippen molar-refractivity contribution in [3.05, 3.63) is 48.6 Å². The van der Waals surface area contributed by atoms with Gasteiger partial charge in [0.05, 0.1) is 82.2 Å². The van der Waals surface area contributed by atoms with E-state index in [0.29, 0.717) is 38.5 Å². The molecule has 0 saturated carbocycles. The van der Waals surface area contributed by atoms with Gasteiger partial charge in [0, 0.05) is 19.3 Å². The summed E-state index contributed by atoms with van der Waals surface area (Å²) in [5, 5.41) is 155. The summed E-state index contributed by atoms with van der Waals surface area (Å²) in [4.78, 5) is 43.6. The number of carbonyl (C=O) groups is 4. The summed E-state index contributed by atoms with van der Waals surface area (Å²) in [5.74, 6) is -7.88. The number of aliphatic hydroxyl groups is 12. The lowest BCUT2D eigenvalue weighted by atomic mass is 9.63. The lowest BCUT2D eigenvalue weighted by Crippen LogP contribution is -2.43. The fourth-order valence-corrected chi connectivity index (χ4v) is 14.1. The minimum absolute atomic E-state index is 0.0319. The van der Waals surface area contributed by atoms with Crippen molar-refractivity contribution in [1.82, 2.24) is 0 Å². The largest absolute Gasteiger partial charge is 0.481 e. The fourth-order valence-electron chi connectivity index (χ4n) is 14.1. The zero-order chi connectivity index (χ0) is 82.6. The molecular formula is C90H172O20. The summed E-state index contributed by atoms with van der Waals surface area (Å²) in [6, 6.07) is 0. The normalized spacial score (nSPS) is 14.8. The van der Waals surface area contributed by atoms with Gasteiger partial charge in [-0.15, -0.1) is 0 Å². The summed E-state index contributed by atoms with van der Waals surface area (Å²) >= 11 is 0. The zero-order valence-electron chi connectivity index (χ0n) is 70.0. The van der Waals surface area contributed by atoms with E-state index in [9.17, 15) is 80.5 Å². The van der Waals surface area contributed by atoms with Crippen LogP contribution in [0.3, 0.4) is 0 Å². The Morgan fingerprint density at radius 1 is 0.236 bits per heavy atom. The van der Waals surface area contributed by atoms with E-state index in [1.807, 2.05) is 6.08 Å². The van der Waals surface area contributed by atoms with Crippen molar-refractivity contribution < 1.29 is 101 Å². The Labute approximate surface area is 669 Å². The van der Waals surface area contributed by atoms with Crippen LogP contribution in [0.4, 0.5) is 0 Å². The van der Waals surface area contributed by atoms with Crippen LogP contribution in [0.25, 0.3) is 0 Å². The van der Waals surface area contributed by atoms with Gasteiger partial charge in [0.15, 0.2) is 0 Å². The lowest BCUT2D eigenvalue weighted by molar-refractivity contribution is -0.149. The van der Waals surface area contributed by atoms with Crippen molar-refractivity contribution in [2.45, 2.75) is 430 Å². The molecule has 0 aliphatic heterocycles. The molecule has 0 fully saturated rings. The summed E-state index contributed by atoms with van der Waals surface area (Å²) in [7, 11) is 0.